The standard InChI is InChI=1S/C7H7N2O/c1-10-9-4-2-7(6-8)3-5-9/h2-5H,1H3/q-1/p+1. The lowest BCUT2D eigenvalue weighted by Gasteiger charge is -2.06. The molecule has 0 aromatic heterocycles. The highest BCUT2D eigenvalue weighted by molar-refractivity contribution is 5.68. The molecule has 0 fully saturated rings. The Hall–Kier alpha value is -1.15. The van der Waals surface area contributed by atoms with Gasteiger partial charge in [0.2, 0.25) is 0 Å². The van der Waals surface area contributed by atoms with E-state index in [-0.39, 0.29) is 0 Å². The van der Waals surface area contributed by atoms with E-state index in [1.54, 1.807) is 31.7 Å². The molecular formula is C7H8N2O. The van der Waals surface area contributed by atoms with Crippen LogP contribution in [0.2, 0.25) is 0 Å². The zero-order valence-electron chi connectivity index (χ0n) is 5.66. The Morgan fingerprint density at radius 1 is 1.50 bits per heavy atom. The summed E-state index contributed by atoms with van der Waals surface area (Å²) in [6.45, 7) is 0. The van der Waals surface area contributed by atoms with E-state index in [2.05, 4.69) is 0 Å². The number of allylic oxidation sites excluding steroid dienone is 3. The third-order valence-corrected chi connectivity index (χ3v) is 1.22. The Bertz CT molecular complexity index is 208. The summed E-state index contributed by atoms with van der Waals surface area (Å²) >= 11 is 0. The van der Waals surface area contributed by atoms with Gasteiger partial charge in [-0.3, -0.25) is 5.87 Å². The monoisotopic (exact) mass is 136 g/mol. The van der Waals surface area contributed by atoms with Gasteiger partial charge < -0.3 is 5.41 Å². The molecule has 0 saturated heterocycles. The van der Waals surface area contributed by atoms with Gasteiger partial charge in [-0.25, -0.2) is 0 Å². The maximum atomic E-state index is 8.41. The van der Waals surface area contributed by atoms with Crippen molar-refractivity contribution in [1.29, 1.82) is 0 Å². The number of hydroxylamine groups is 2. The summed E-state index contributed by atoms with van der Waals surface area (Å²) in [5.74, 6) is 2.02. The first-order valence-electron chi connectivity index (χ1n) is 2.91. The minimum atomic E-state index is 0.654. The summed E-state index contributed by atoms with van der Waals surface area (Å²) in [5.41, 5.74) is 0.654. The molecule has 0 radical (unpaired) electrons. The van der Waals surface area contributed by atoms with Gasteiger partial charge in [0.05, 0.1) is 7.11 Å². The van der Waals surface area contributed by atoms with Crippen molar-refractivity contribution in [1.82, 2.24) is 0 Å². The predicted molar refractivity (Wildman–Crippen MR) is 38.1 cm³/mol. The molecule has 0 spiro atoms. The second kappa shape index (κ2) is 3.13. The fourth-order valence-electron chi connectivity index (χ4n) is 0.666. The minimum absolute atomic E-state index is 0.654. The summed E-state index contributed by atoms with van der Waals surface area (Å²) in [6.07, 6.45) is 6.97. The van der Waals surface area contributed by atoms with E-state index in [0.717, 1.165) is 5.06 Å². The van der Waals surface area contributed by atoms with E-state index in [9.17, 15) is 0 Å². The second-order valence-corrected chi connectivity index (χ2v) is 1.84. The van der Waals surface area contributed by atoms with Crippen molar-refractivity contribution in [2.45, 2.75) is 0 Å². The molecule has 1 N–H and O–H groups in total. The number of quaternary nitrogens is 1. The number of hydrogen-bond acceptors (Lipinski definition) is 1. The van der Waals surface area contributed by atoms with Crippen molar-refractivity contribution >= 4 is 5.87 Å². The normalized spacial score (nSPS) is 22.9. The van der Waals surface area contributed by atoms with Gasteiger partial charge in [0.1, 0.15) is 12.4 Å². The highest BCUT2D eigenvalue weighted by Gasteiger charge is 2.01. The van der Waals surface area contributed by atoms with Gasteiger partial charge in [-0.15, -0.1) is 5.06 Å². The van der Waals surface area contributed by atoms with Gasteiger partial charge in [0.15, 0.2) is 0 Å². The van der Waals surface area contributed by atoms with Crippen molar-refractivity contribution in [3.63, 3.8) is 0 Å². The molecule has 0 aromatic rings. The van der Waals surface area contributed by atoms with Crippen LogP contribution in [0.3, 0.4) is 0 Å². The van der Waals surface area contributed by atoms with Crippen LogP contribution < -0.4 is 5.06 Å². The topological polar surface area (TPSA) is 36.0 Å². The maximum Gasteiger partial charge on any atom is 0.133 e. The molecule has 0 saturated carbocycles. The van der Waals surface area contributed by atoms with Crippen LogP contribution in [0.1, 0.15) is 0 Å². The fraction of sp³-hybridized carbons (Fsp3) is 0.143. The van der Waals surface area contributed by atoms with Gasteiger partial charge in [-0.2, -0.15) is 4.84 Å². The minimum Gasteiger partial charge on any atom is -0.763 e. The Morgan fingerprint density at radius 2 is 2.10 bits per heavy atom. The molecule has 52 valence electrons. The predicted octanol–water partition coefficient (Wildman–Crippen LogP) is -0.361. The lowest BCUT2D eigenvalue weighted by Crippen LogP contribution is -3.01. The Kier molecular flexibility index (Phi) is 2.18. The van der Waals surface area contributed by atoms with Gasteiger partial charge >= 0.3 is 0 Å². The van der Waals surface area contributed by atoms with Crippen LogP contribution in [-0.2, 0) is 4.84 Å². The van der Waals surface area contributed by atoms with Crippen LogP contribution in [0.5, 0.6) is 0 Å². The molecule has 0 unspecified atom stereocenters. The molecule has 3 heteroatoms. The molecule has 1 aliphatic heterocycles. The maximum absolute atomic E-state index is 8.41. The van der Waals surface area contributed by atoms with Crippen molar-refractivity contribution in [3.05, 3.63) is 35.5 Å². The highest BCUT2D eigenvalue weighted by atomic mass is 16.7. The molecule has 1 aliphatic rings. The molecule has 10 heavy (non-hydrogen) atoms. The Labute approximate surface area is 59.4 Å². The van der Waals surface area contributed by atoms with Crippen LogP contribution >= 0.6 is 0 Å². The number of nitrogens with zero attached hydrogens (tertiary/aromatic N) is 1. The molecule has 0 bridgehead atoms. The van der Waals surface area contributed by atoms with Gasteiger partial charge in [0, 0.05) is 17.7 Å². The van der Waals surface area contributed by atoms with Crippen molar-refractivity contribution in [2.24, 2.45) is 0 Å². The SMILES string of the molecule is CO[NH+]1C=CC(=C=[N-])C=C1. The lowest BCUT2D eigenvalue weighted by molar-refractivity contribution is -1.00. The van der Waals surface area contributed by atoms with Crippen LogP contribution in [0.25, 0.3) is 5.41 Å². The van der Waals surface area contributed by atoms with Crippen LogP contribution in [-0.4, -0.2) is 13.0 Å². The zero-order valence-corrected chi connectivity index (χ0v) is 5.66. The highest BCUT2D eigenvalue weighted by Crippen LogP contribution is 1.93. The molecular weight excluding hydrogens is 128 g/mol. The summed E-state index contributed by atoms with van der Waals surface area (Å²) < 4.78 is 0. The smallest absolute Gasteiger partial charge is 0.133 e. The molecule has 1 rings (SSSR count). The van der Waals surface area contributed by atoms with Gasteiger partial charge in [-0.05, 0) is 0 Å². The quantitative estimate of drug-likeness (QED) is 0.491. The third kappa shape index (κ3) is 1.42. The number of nitrogens with one attached hydrogen (secondary N) is 1. The second-order valence-electron chi connectivity index (χ2n) is 1.84. The summed E-state index contributed by atoms with van der Waals surface area (Å²) in [7, 11) is 1.60. The Morgan fingerprint density at radius 3 is 2.50 bits per heavy atom. The van der Waals surface area contributed by atoms with E-state index >= 15 is 0 Å². The molecule has 1 heterocycles. The Balaban J connectivity index is 2.70. The first-order chi connectivity index (χ1) is 4.86. The van der Waals surface area contributed by atoms with Crippen LogP contribution in [0, 0.1) is 0 Å². The van der Waals surface area contributed by atoms with E-state index in [1.165, 1.54) is 0 Å². The molecule has 0 aliphatic carbocycles. The summed E-state index contributed by atoms with van der Waals surface area (Å²) in [6, 6.07) is 0. The number of hydrogen-bond donors (Lipinski definition) is 1. The lowest BCUT2D eigenvalue weighted by atomic mass is 10.2. The van der Waals surface area contributed by atoms with E-state index in [1.807, 2.05) is 5.87 Å². The summed E-state index contributed by atoms with van der Waals surface area (Å²) in [4.78, 5) is 4.90. The van der Waals surface area contributed by atoms with Crippen LogP contribution in [0.4, 0.5) is 0 Å². The first-order valence-corrected chi connectivity index (χ1v) is 2.91. The fourth-order valence-corrected chi connectivity index (χ4v) is 0.666. The molecule has 0 atom stereocenters. The largest absolute Gasteiger partial charge is 0.763 e. The van der Waals surface area contributed by atoms with Gasteiger partial charge in [0.25, 0.3) is 0 Å². The average molecular weight is 136 g/mol. The number of rotatable bonds is 1. The van der Waals surface area contributed by atoms with Gasteiger partial charge in [-0.1, -0.05) is 0 Å². The summed E-state index contributed by atoms with van der Waals surface area (Å²) in [5, 5.41) is 9.19. The third-order valence-electron chi connectivity index (χ3n) is 1.22. The molecule has 0 amide bonds. The van der Waals surface area contributed by atoms with E-state index in [4.69, 9.17) is 10.2 Å². The van der Waals surface area contributed by atoms with Crippen LogP contribution in [0.15, 0.2) is 30.1 Å². The van der Waals surface area contributed by atoms with Crippen molar-refractivity contribution in [3.8, 4) is 0 Å². The molecule has 3 nitrogen and oxygen atoms in total. The average Bonchev–Trinajstić information content (AvgIpc) is 2.05. The molecule has 0 aromatic carbocycles. The van der Waals surface area contributed by atoms with E-state index in [0.29, 0.717) is 5.57 Å². The van der Waals surface area contributed by atoms with Crippen molar-refractivity contribution < 1.29 is 9.90 Å². The van der Waals surface area contributed by atoms with Crippen molar-refractivity contribution in [2.75, 3.05) is 7.11 Å². The zero-order chi connectivity index (χ0) is 7.40. The van der Waals surface area contributed by atoms with E-state index < -0.39 is 0 Å². The first kappa shape index (κ1) is 6.96.